The number of hydrogen-bond donors (Lipinski definition) is 0. The monoisotopic (exact) mass is 363 g/mol. The average Bonchev–Trinajstić information content (AvgIpc) is 3.08. The van der Waals surface area contributed by atoms with Crippen molar-refractivity contribution in [3.8, 4) is 5.75 Å². The molecule has 0 spiro atoms. The molecule has 1 saturated carbocycles. The van der Waals surface area contributed by atoms with E-state index in [1.165, 1.54) is 4.68 Å². The van der Waals surface area contributed by atoms with Gasteiger partial charge >= 0.3 is 0 Å². The van der Waals surface area contributed by atoms with E-state index in [4.69, 9.17) is 4.74 Å². The van der Waals surface area contributed by atoms with E-state index >= 15 is 0 Å². The molecule has 0 aliphatic heterocycles. The van der Waals surface area contributed by atoms with Crippen LogP contribution in [-0.2, 0) is 6.54 Å². The van der Waals surface area contributed by atoms with Crippen LogP contribution in [0.5, 0.6) is 5.75 Å². The third-order valence-electron chi connectivity index (χ3n) is 4.94. The highest BCUT2D eigenvalue weighted by Gasteiger charge is 2.30. The van der Waals surface area contributed by atoms with Gasteiger partial charge in [0.25, 0.3) is 6.43 Å². The number of aldehydes is 1. The second-order valence-corrected chi connectivity index (χ2v) is 6.75. The van der Waals surface area contributed by atoms with E-state index < -0.39 is 6.43 Å². The smallest absolute Gasteiger partial charge is 0.257 e. The van der Waals surface area contributed by atoms with Crippen LogP contribution in [0.3, 0.4) is 0 Å². The van der Waals surface area contributed by atoms with Gasteiger partial charge in [-0.1, -0.05) is 12.8 Å². The fourth-order valence-electron chi connectivity index (χ4n) is 3.71. The molecule has 1 fully saturated rings. The number of carbonyl (C=O) groups is 1. The molecule has 2 heterocycles. The van der Waals surface area contributed by atoms with Crippen molar-refractivity contribution in [2.45, 2.75) is 51.5 Å². The third kappa shape index (κ3) is 4.26. The van der Waals surface area contributed by atoms with Gasteiger partial charge in [0, 0.05) is 29.4 Å². The second-order valence-electron chi connectivity index (χ2n) is 6.75. The number of rotatable bonds is 7. The topological polar surface area (TPSA) is 57.0 Å². The van der Waals surface area contributed by atoms with Crippen LogP contribution >= 0.6 is 0 Å². The summed E-state index contributed by atoms with van der Waals surface area (Å²) < 4.78 is 32.9. The van der Waals surface area contributed by atoms with Crippen molar-refractivity contribution in [2.24, 2.45) is 5.92 Å². The lowest BCUT2D eigenvalue weighted by Crippen LogP contribution is -2.27. The van der Waals surface area contributed by atoms with Crippen molar-refractivity contribution in [2.75, 3.05) is 6.61 Å². The second kappa shape index (κ2) is 8.38. The summed E-state index contributed by atoms with van der Waals surface area (Å²) in [5.74, 6) is 0.789. The molecule has 140 valence electrons. The molecule has 1 aliphatic carbocycles. The van der Waals surface area contributed by atoms with Crippen molar-refractivity contribution >= 4 is 6.29 Å². The molecule has 2 aromatic rings. The highest BCUT2D eigenvalue weighted by atomic mass is 19.3. The molecule has 2 atom stereocenters. The Hall–Kier alpha value is -2.31. The van der Waals surface area contributed by atoms with E-state index in [9.17, 15) is 13.6 Å². The summed E-state index contributed by atoms with van der Waals surface area (Å²) in [4.78, 5) is 15.4. The Morgan fingerprint density at radius 1 is 1.31 bits per heavy atom. The summed E-state index contributed by atoms with van der Waals surface area (Å²) in [6.07, 6.45) is 3.88. The maximum atomic E-state index is 12.8. The zero-order valence-corrected chi connectivity index (χ0v) is 14.8. The summed E-state index contributed by atoms with van der Waals surface area (Å²) in [6.45, 7) is 1.86. The first-order chi connectivity index (χ1) is 12.6. The Kier molecular flexibility index (Phi) is 5.96. The minimum atomic E-state index is -2.43. The predicted octanol–water partition coefficient (Wildman–Crippen LogP) is 4.02. The summed E-state index contributed by atoms with van der Waals surface area (Å²) >= 11 is 0. The Balaban J connectivity index is 1.74. The number of halogens is 2. The van der Waals surface area contributed by atoms with Gasteiger partial charge < -0.3 is 4.74 Å². The molecule has 2 unspecified atom stereocenters. The number of aryl methyl sites for hydroxylation is 1. The standard InChI is InChI=1S/C19H23F2N3O2/c1-13-6-7-18(16(11-25)23-13)26-12-14-4-2-3-5-15(14)17-8-9-22-24(17)10-19(20)21/h6-9,11,14-15,19H,2-5,10,12H2,1H3. The van der Waals surface area contributed by atoms with E-state index in [1.807, 2.05) is 13.0 Å². The molecule has 0 amide bonds. The minimum Gasteiger partial charge on any atom is -0.491 e. The van der Waals surface area contributed by atoms with Crippen LogP contribution in [0.2, 0.25) is 0 Å². The maximum Gasteiger partial charge on any atom is 0.257 e. The zero-order chi connectivity index (χ0) is 18.5. The van der Waals surface area contributed by atoms with Crippen LogP contribution in [0.4, 0.5) is 8.78 Å². The Labute approximate surface area is 151 Å². The Morgan fingerprint density at radius 2 is 2.12 bits per heavy atom. The van der Waals surface area contributed by atoms with E-state index in [-0.39, 0.29) is 18.4 Å². The highest BCUT2D eigenvalue weighted by molar-refractivity contribution is 5.76. The van der Waals surface area contributed by atoms with Crippen LogP contribution in [0.25, 0.3) is 0 Å². The minimum absolute atomic E-state index is 0.128. The molecular formula is C19H23F2N3O2. The molecule has 26 heavy (non-hydrogen) atoms. The van der Waals surface area contributed by atoms with Crippen LogP contribution in [0.15, 0.2) is 24.4 Å². The van der Waals surface area contributed by atoms with Gasteiger partial charge in [-0.25, -0.2) is 13.8 Å². The molecule has 3 rings (SSSR count). The van der Waals surface area contributed by atoms with Gasteiger partial charge in [0.1, 0.15) is 18.0 Å². The van der Waals surface area contributed by atoms with Crippen molar-refractivity contribution in [3.05, 3.63) is 41.5 Å². The highest BCUT2D eigenvalue weighted by Crippen LogP contribution is 2.38. The fourth-order valence-corrected chi connectivity index (χ4v) is 3.71. The molecule has 5 nitrogen and oxygen atoms in total. The predicted molar refractivity (Wildman–Crippen MR) is 92.8 cm³/mol. The van der Waals surface area contributed by atoms with Gasteiger partial charge in [0.15, 0.2) is 6.29 Å². The van der Waals surface area contributed by atoms with Crippen LogP contribution in [0, 0.1) is 12.8 Å². The molecule has 0 aromatic carbocycles. The van der Waals surface area contributed by atoms with Gasteiger partial charge in [-0.2, -0.15) is 5.10 Å². The van der Waals surface area contributed by atoms with Gasteiger partial charge in [-0.3, -0.25) is 9.48 Å². The van der Waals surface area contributed by atoms with E-state index in [0.717, 1.165) is 37.1 Å². The van der Waals surface area contributed by atoms with Crippen LogP contribution < -0.4 is 4.74 Å². The average molecular weight is 363 g/mol. The first-order valence-electron chi connectivity index (χ1n) is 8.94. The molecular weight excluding hydrogens is 340 g/mol. The van der Waals surface area contributed by atoms with Crippen molar-refractivity contribution in [1.29, 1.82) is 0 Å². The first-order valence-corrected chi connectivity index (χ1v) is 8.94. The lowest BCUT2D eigenvalue weighted by Gasteiger charge is -2.32. The van der Waals surface area contributed by atoms with Crippen LogP contribution in [0.1, 0.15) is 53.5 Å². The molecule has 1 aliphatic rings. The van der Waals surface area contributed by atoms with Crippen molar-refractivity contribution in [3.63, 3.8) is 0 Å². The number of pyridine rings is 1. The number of ether oxygens (including phenoxy) is 1. The number of aromatic nitrogens is 3. The molecule has 0 radical (unpaired) electrons. The summed E-state index contributed by atoms with van der Waals surface area (Å²) in [7, 11) is 0. The normalized spacial score (nSPS) is 20.3. The zero-order valence-electron chi connectivity index (χ0n) is 14.8. The number of nitrogens with zero attached hydrogens (tertiary/aromatic N) is 3. The van der Waals surface area contributed by atoms with Gasteiger partial charge in [-0.05, 0) is 38.0 Å². The Bertz CT molecular complexity index is 748. The molecule has 0 saturated heterocycles. The molecule has 0 N–H and O–H groups in total. The van der Waals surface area contributed by atoms with Crippen molar-refractivity contribution in [1.82, 2.24) is 14.8 Å². The largest absolute Gasteiger partial charge is 0.491 e. The number of alkyl halides is 2. The SMILES string of the molecule is Cc1ccc(OCC2CCCCC2c2ccnn2CC(F)F)c(C=O)n1. The van der Waals surface area contributed by atoms with Crippen molar-refractivity contribution < 1.29 is 18.3 Å². The van der Waals surface area contributed by atoms with E-state index in [2.05, 4.69) is 10.1 Å². The lowest BCUT2D eigenvalue weighted by molar-refractivity contribution is 0.111. The lowest BCUT2D eigenvalue weighted by atomic mass is 9.78. The maximum absolute atomic E-state index is 12.8. The van der Waals surface area contributed by atoms with E-state index in [1.54, 1.807) is 18.3 Å². The molecule has 7 heteroatoms. The van der Waals surface area contributed by atoms with Gasteiger partial charge in [0.05, 0.1) is 6.61 Å². The van der Waals surface area contributed by atoms with Gasteiger partial charge in [-0.15, -0.1) is 0 Å². The molecule has 2 aromatic heterocycles. The first kappa shape index (κ1) is 18.5. The fraction of sp³-hybridized carbons (Fsp3) is 0.526. The van der Waals surface area contributed by atoms with Gasteiger partial charge in [0.2, 0.25) is 0 Å². The number of hydrogen-bond acceptors (Lipinski definition) is 4. The summed E-state index contributed by atoms with van der Waals surface area (Å²) in [6, 6.07) is 5.39. The summed E-state index contributed by atoms with van der Waals surface area (Å²) in [5, 5.41) is 4.06. The summed E-state index contributed by atoms with van der Waals surface area (Å²) in [5.41, 5.74) is 1.89. The quantitative estimate of drug-likeness (QED) is 0.697. The number of carbonyl (C=O) groups excluding carboxylic acids is 1. The Morgan fingerprint density at radius 3 is 2.88 bits per heavy atom. The third-order valence-corrected chi connectivity index (χ3v) is 4.94. The van der Waals surface area contributed by atoms with Crippen LogP contribution in [-0.4, -0.2) is 34.1 Å². The molecule has 0 bridgehead atoms. The van der Waals surface area contributed by atoms with E-state index in [0.29, 0.717) is 24.3 Å².